The summed E-state index contributed by atoms with van der Waals surface area (Å²) in [5.41, 5.74) is 2.34. The standard InChI is InChI=1S/C9H10.3C4H10.Sn/c1-8(2)9-6-4-3-5-7-9;3*1-3-4-2;/h3-7H,1H2,2H3;3*3-4H2,1-2H3;. The third kappa shape index (κ3) is 31.9. The van der Waals surface area contributed by atoms with E-state index in [0.717, 1.165) is 5.57 Å². The third-order valence-electron chi connectivity index (χ3n) is 2.77. The molecule has 0 amide bonds. The Kier molecular flexibility index (Phi) is 39.0. The maximum atomic E-state index is 3.83. The average Bonchev–Trinajstić information content (AvgIpc) is 2.56. The molecule has 0 aromatic heterocycles. The summed E-state index contributed by atoms with van der Waals surface area (Å²) in [5.74, 6) is 0. The van der Waals surface area contributed by atoms with Crippen LogP contribution in [-0.2, 0) is 0 Å². The molecule has 0 unspecified atom stereocenters. The third-order valence-corrected chi connectivity index (χ3v) is 2.77. The zero-order valence-corrected chi connectivity index (χ0v) is 19.2. The van der Waals surface area contributed by atoms with Gasteiger partial charge >= 0.3 is 0 Å². The van der Waals surface area contributed by atoms with Gasteiger partial charge in [0, 0.05) is 23.9 Å². The minimum Gasteiger partial charge on any atom is -0.0955 e. The molecule has 0 bridgehead atoms. The van der Waals surface area contributed by atoms with Gasteiger partial charge in [-0.05, 0) is 12.5 Å². The molecule has 1 heteroatoms. The second-order valence-corrected chi connectivity index (χ2v) is 5.15. The van der Waals surface area contributed by atoms with E-state index in [-0.39, 0.29) is 23.9 Å². The number of benzene rings is 1. The molecular weight excluding hydrogens is 371 g/mol. The van der Waals surface area contributed by atoms with Gasteiger partial charge in [0.2, 0.25) is 0 Å². The van der Waals surface area contributed by atoms with Crippen molar-refractivity contribution >= 4 is 29.5 Å². The Morgan fingerprint density at radius 3 is 1.09 bits per heavy atom. The van der Waals surface area contributed by atoms with Gasteiger partial charge in [-0.15, -0.1) is 0 Å². The summed E-state index contributed by atoms with van der Waals surface area (Å²) in [6, 6.07) is 10.2. The molecule has 0 spiro atoms. The molecule has 0 N–H and O–H groups in total. The van der Waals surface area contributed by atoms with E-state index in [9.17, 15) is 0 Å². The molecule has 0 atom stereocenters. The van der Waals surface area contributed by atoms with E-state index in [1.54, 1.807) is 0 Å². The smallest absolute Gasteiger partial charge is 0 e. The molecule has 0 aliphatic carbocycles. The van der Waals surface area contributed by atoms with Crippen LogP contribution in [0, 0.1) is 0 Å². The zero-order chi connectivity index (χ0) is 16.9. The van der Waals surface area contributed by atoms with Crippen LogP contribution in [0.1, 0.15) is 92.6 Å². The summed E-state index contributed by atoms with van der Waals surface area (Å²) in [5, 5.41) is 0. The Bertz CT molecular complexity index is 262. The van der Waals surface area contributed by atoms with Crippen molar-refractivity contribution in [1.82, 2.24) is 0 Å². The monoisotopic (exact) mass is 412 g/mol. The zero-order valence-electron chi connectivity index (χ0n) is 16.3. The fraction of sp³-hybridized carbons (Fsp3) is 0.619. The molecule has 1 aromatic rings. The summed E-state index contributed by atoms with van der Waals surface area (Å²) in [4.78, 5) is 0. The number of allylic oxidation sites excluding steroid dienone is 1. The van der Waals surface area contributed by atoms with Gasteiger partial charge in [-0.2, -0.15) is 0 Å². The van der Waals surface area contributed by atoms with Crippen LogP contribution in [0.25, 0.3) is 5.57 Å². The van der Waals surface area contributed by atoms with Crippen LogP contribution in [0.3, 0.4) is 0 Å². The van der Waals surface area contributed by atoms with E-state index < -0.39 is 0 Å². The van der Waals surface area contributed by atoms with Gasteiger partial charge in [0.05, 0.1) is 0 Å². The van der Waals surface area contributed by atoms with Crippen LogP contribution in [0.2, 0.25) is 0 Å². The van der Waals surface area contributed by atoms with Crippen LogP contribution in [0.5, 0.6) is 0 Å². The van der Waals surface area contributed by atoms with Crippen LogP contribution in [0.15, 0.2) is 36.9 Å². The van der Waals surface area contributed by atoms with Crippen molar-refractivity contribution in [1.29, 1.82) is 0 Å². The van der Waals surface area contributed by atoms with Gasteiger partial charge in [0.1, 0.15) is 0 Å². The van der Waals surface area contributed by atoms with E-state index in [1.165, 1.54) is 44.1 Å². The van der Waals surface area contributed by atoms with Crippen molar-refractivity contribution in [2.24, 2.45) is 0 Å². The first-order valence-corrected chi connectivity index (χ1v) is 8.76. The van der Waals surface area contributed by atoms with Crippen molar-refractivity contribution in [3.8, 4) is 0 Å². The first-order chi connectivity index (χ1) is 10.0. The fourth-order valence-corrected chi connectivity index (χ4v) is 0.723. The van der Waals surface area contributed by atoms with E-state index in [2.05, 4.69) is 60.3 Å². The predicted molar refractivity (Wildman–Crippen MR) is 109 cm³/mol. The van der Waals surface area contributed by atoms with E-state index >= 15 is 0 Å². The Hall–Kier alpha value is -0.241. The van der Waals surface area contributed by atoms with Gasteiger partial charge in [-0.25, -0.2) is 0 Å². The van der Waals surface area contributed by atoms with Crippen LogP contribution < -0.4 is 0 Å². The summed E-state index contributed by atoms with van der Waals surface area (Å²) >= 11 is 0. The number of hydrogen-bond acceptors (Lipinski definition) is 0. The minimum atomic E-state index is 0. The van der Waals surface area contributed by atoms with Gasteiger partial charge in [-0.1, -0.05) is 123 Å². The second kappa shape index (κ2) is 28.9. The first-order valence-electron chi connectivity index (χ1n) is 8.76. The summed E-state index contributed by atoms with van der Waals surface area (Å²) in [6.07, 6.45) is 7.92. The summed E-state index contributed by atoms with van der Waals surface area (Å²) in [6.45, 7) is 18.9. The Labute approximate surface area is 158 Å². The number of unbranched alkanes of at least 4 members (excludes halogenated alkanes) is 3. The van der Waals surface area contributed by atoms with Gasteiger partial charge in [-0.3, -0.25) is 0 Å². The largest absolute Gasteiger partial charge is 0.0955 e. The molecule has 0 aliphatic heterocycles. The summed E-state index contributed by atoms with van der Waals surface area (Å²) < 4.78 is 0. The molecule has 4 radical (unpaired) electrons. The first kappa shape index (κ1) is 29.7. The second-order valence-electron chi connectivity index (χ2n) is 5.15. The van der Waals surface area contributed by atoms with E-state index in [0.29, 0.717) is 0 Å². The maximum absolute atomic E-state index is 3.83. The maximum Gasteiger partial charge on any atom is 0 e. The number of rotatable bonds is 4. The molecule has 0 fully saturated rings. The molecule has 1 rings (SSSR count). The van der Waals surface area contributed by atoms with Crippen molar-refractivity contribution in [3.63, 3.8) is 0 Å². The molecule has 0 saturated heterocycles. The van der Waals surface area contributed by atoms with Crippen molar-refractivity contribution < 1.29 is 0 Å². The van der Waals surface area contributed by atoms with Crippen LogP contribution >= 0.6 is 0 Å². The molecule has 0 aliphatic rings. The summed E-state index contributed by atoms with van der Waals surface area (Å²) in [7, 11) is 0. The Morgan fingerprint density at radius 2 is 0.955 bits per heavy atom. The van der Waals surface area contributed by atoms with Crippen molar-refractivity contribution in [3.05, 3.63) is 42.5 Å². The van der Waals surface area contributed by atoms with Crippen LogP contribution in [-0.4, -0.2) is 23.9 Å². The number of hydrogen-bond donors (Lipinski definition) is 0. The fourth-order valence-electron chi connectivity index (χ4n) is 0.723. The topological polar surface area (TPSA) is 0 Å². The molecule has 1 aromatic carbocycles. The van der Waals surface area contributed by atoms with Crippen molar-refractivity contribution in [2.45, 2.75) is 87.0 Å². The molecule has 0 saturated carbocycles. The normalized spacial score (nSPS) is 7.77. The van der Waals surface area contributed by atoms with Gasteiger partial charge in [0.25, 0.3) is 0 Å². The predicted octanol–water partition coefficient (Wildman–Crippen LogP) is 7.76. The molecular formula is C21H40Sn. The quantitative estimate of drug-likeness (QED) is 0.444. The molecule has 0 nitrogen and oxygen atoms in total. The van der Waals surface area contributed by atoms with Crippen molar-refractivity contribution in [2.75, 3.05) is 0 Å². The Morgan fingerprint density at radius 1 is 0.682 bits per heavy atom. The molecule has 128 valence electrons. The minimum absolute atomic E-state index is 0. The van der Waals surface area contributed by atoms with E-state index in [4.69, 9.17) is 0 Å². The Balaban J connectivity index is -0.000000107. The molecule has 22 heavy (non-hydrogen) atoms. The van der Waals surface area contributed by atoms with Crippen LogP contribution in [0.4, 0.5) is 0 Å². The van der Waals surface area contributed by atoms with E-state index in [1.807, 2.05) is 25.1 Å². The van der Waals surface area contributed by atoms with Gasteiger partial charge < -0.3 is 0 Å². The van der Waals surface area contributed by atoms with Gasteiger partial charge in [0.15, 0.2) is 0 Å². The molecule has 0 heterocycles. The SMILES string of the molecule is C=C(C)c1ccccc1.CCCC.CCCC.CCCC.[Sn]. The average molecular weight is 411 g/mol.